The molecule has 11 heteroatoms. The molecule has 0 spiro atoms. The van der Waals surface area contributed by atoms with Crippen LogP contribution in [0.2, 0.25) is 0 Å². The predicted octanol–water partition coefficient (Wildman–Crippen LogP) is 3.11. The fraction of sp³-hybridized carbons (Fsp3) is 0.400. The molecule has 0 bridgehead atoms. The highest BCUT2D eigenvalue weighted by atomic mass is 32.2. The molecule has 1 unspecified atom stereocenters. The highest BCUT2D eigenvalue weighted by Crippen LogP contribution is 2.24. The second-order valence-corrected chi connectivity index (χ2v) is 10.7. The first-order chi connectivity index (χ1) is 16.8. The van der Waals surface area contributed by atoms with Gasteiger partial charge in [0.1, 0.15) is 23.1 Å². The summed E-state index contributed by atoms with van der Waals surface area (Å²) in [5.74, 6) is -0.0197. The van der Waals surface area contributed by atoms with Gasteiger partial charge in [0.15, 0.2) is 6.61 Å². The highest BCUT2D eigenvalue weighted by Gasteiger charge is 2.29. The largest absolute Gasteiger partial charge is 0.494 e. The summed E-state index contributed by atoms with van der Waals surface area (Å²) in [4.78, 5) is 24.4. The van der Waals surface area contributed by atoms with E-state index in [0.717, 1.165) is 10.6 Å². The molecule has 2 aromatic rings. The molecule has 2 rings (SSSR count). The summed E-state index contributed by atoms with van der Waals surface area (Å²) in [6, 6.07) is 12.0. The molecule has 0 heterocycles. The minimum absolute atomic E-state index is 0.218. The number of rotatable bonds is 11. The van der Waals surface area contributed by atoms with Gasteiger partial charge in [0.2, 0.25) is 10.0 Å². The molecule has 10 nitrogen and oxygen atoms in total. The van der Waals surface area contributed by atoms with Crippen LogP contribution in [0.25, 0.3) is 0 Å². The highest BCUT2D eigenvalue weighted by molar-refractivity contribution is 7.92. The molecule has 0 aliphatic carbocycles. The molecule has 0 saturated carbocycles. The minimum atomic E-state index is -3.76. The van der Waals surface area contributed by atoms with E-state index in [0.29, 0.717) is 29.4 Å². The topological polar surface area (TPSA) is 124 Å². The first-order valence-corrected chi connectivity index (χ1v) is 13.1. The van der Waals surface area contributed by atoms with Crippen molar-refractivity contribution in [2.75, 3.05) is 23.8 Å². The summed E-state index contributed by atoms with van der Waals surface area (Å²) in [5, 5.41) is 3.92. The van der Waals surface area contributed by atoms with E-state index in [2.05, 4.69) is 10.5 Å². The number of ether oxygens (including phenoxy) is 3. The van der Waals surface area contributed by atoms with Crippen molar-refractivity contribution in [3.63, 3.8) is 0 Å². The molecule has 196 valence electrons. The van der Waals surface area contributed by atoms with Crippen molar-refractivity contribution >= 4 is 33.8 Å². The molecular formula is C25H33N3O7S. The average molecular weight is 520 g/mol. The van der Waals surface area contributed by atoms with E-state index in [9.17, 15) is 18.0 Å². The Balaban J connectivity index is 1.98. The third kappa shape index (κ3) is 9.21. The molecule has 36 heavy (non-hydrogen) atoms. The number of hydrogen-bond acceptors (Lipinski definition) is 8. The summed E-state index contributed by atoms with van der Waals surface area (Å²) in [6.45, 7) is 8.90. The number of amides is 1. The Morgan fingerprint density at radius 2 is 1.58 bits per heavy atom. The van der Waals surface area contributed by atoms with Gasteiger partial charge < -0.3 is 14.2 Å². The Kier molecular flexibility index (Phi) is 9.85. The van der Waals surface area contributed by atoms with Crippen molar-refractivity contribution < 1.29 is 32.2 Å². The first kappa shape index (κ1) is 28.6. The quantitative estimate of drug-likeness (QED) is 0.275. The second-order valence-electron chi connectivity index (χ2n) is 8.84. The van der Waals surface area contributed by atoms with Gasteiger partial charge >= 0.3 is 5.97 Å². The van der Waals surface area contributed by atoms with Crippen LogP contribution in [-0.2, 0) is 24.3 Å². The number of nitrogens with zero attached hydrogens (tertiary/aromatic N) is 2. The maximum Gasteiger partial charge on any atom is 0.344 e. The van der Waals surface area contributed by atoms with E-state index in [1.54, 1.807) is 69.3 Å². The standard InChI is InChI=1S/C25H33N3O7S/c1-7-33-21-14-10-20(11-15-21)28(36(6,31)32)18(2)24(30)27-26-16-19-8-12-22(13-9-19)34-17-23(29)35-25(3,4)5/h8-16,18H,7,17H2,1-6H3,(H,27,30)/b26-16+. The lowest BCUT2D eigenvalue weighted by Crippen LogP contribution is -2.46. The van der Waals surface area contributed by atoms with Crippen LogP contribution in [0.5, 0.6) is 11.5 Å². The van der Waals surface area contributed by atoms with E-state index in [1.807, 2.05) is 6.92 Å². The molecule has 1 N–H and O–H groups in total. The number of hydrogen-bond donors (Lipinski definition) is 1. The Morgan fingerprint density at radius 3 is 2.11 bits per heavy atom. The lowest BCUT2D eigenvalue weighted by atomic mass is 10.2. The van der Waals surface area contributed by atoms with E-state index >= 15 is 0 Å². The fourth-order valence-electron chi connectivity index (χ4n) is 3.09. The van der Waals surface area contributed by atoms with Crippen LogP contribution in [0.4, 0.5) is 5.69 Å². The van der Waals surface area contributed by atoms with Crippen LogP contribution in [-0.4, -0.2) is 57.6 Å². The van der Waals surface area contributed by atoms with Crippen LogP contribution in [0.3, 0.4) is 0 Å². The van der Waals surface area contributed by atoms with Gasteiger partial charge in [-0.1, -0.05) is 0 Å². The molecule has 0 fully saturated rings. The molecule has 1 amide bonds. The molecule has 2 aromatic carbocycles. The molecule has 0 aliphatic heterocycles. The van der Waals surface area contributed by atoms with Crippen LogP contribution in [0.15, 0.2) is 53.6 Å². The SMILES string of the molecule is CCOc1ccc(N(C(C)C(=O)N/N=C/c2ccc(OCC(=O)OC(C)(C)C)cc2)S(C)(=O)=O)cc1. The number of carbonyl (C=O) groups excluding carboxylic acids is 2. The zero-order valence-corrected chi connectivity index (χ0v) is 22.2. The van der Waals surface area contributed by atoms with Crippen molar-refractivity contribution in [1.82, 2.24) is 5.43 Å². The maximum absolute atomic E-state index is 12.6. The molecular weight excluding hydrogens is 486 g/mol. The first-order valence-electron chi connectivity index (χ1n) is 11.3. The number of sulfonamides is 1. The van der Waals surface area contributed by atoms with Gasteiger partial charge in [-0.3, -0.25) is 9.10 Å². The monoisotopic (exact) mass is 519 g/mol. The van der Waals surface area contributed by atoms with Crippen LogP contribution < -0.4 is 19.2 Å². The summed E-state index contributed by atoms with van der Waals surface area (Å²) in [5.41, 5.74) is 2.76. The van der Waals surface area contributed by atoms with Gasteiger partial charge in [0.25, 0.3) is 5.91 Å². The van der Waals surface area contributed by atoms with Crippen LogP contribution >= 0.6 is 0 Å². The van der Waals surface area contributed by atoms with Crippen molar-refractivity contribution in [3.8, 4) is 11.5 Å². The van der Waals surface area contributed by atoms with Gasteiger partial charge in [-0.25, -0.2) is 18.6 Å². The minimum Gasteiger partial charge on any atom is -0.494 e. The smallest absolute Gasteiger partial charge is 0.344 e. The third-order valence-electron chi connectivity index (χ3n) is 4.54. The normalized spacial score (nSPS) is 12.6. The van der Waals surface area contributed by atoms with Gasteiger partial charge in [0.05, 0.1) is 24.8 Å². The zero-order valence-electron chi connectivity index (χ0n) is 21.3. The Bertz CT molecular complexity index is 1160. The second kappa shape index (κ2) is 12.4. The van der Waals surface area contributed by atoms with Crippen molar-refractivity contribution in [3.05, 3.63) is 54.1 Å². The van der Waals surface area contributed by atoms with E-state index < -0.39 is 33.5 Å². The number of anilines is 1. The fourth-order valence-corrected chi connectivity index (χ4v) is 4.27. The van der Waals surface area contributed by atoms with Crippen molar-refractivity contribution in [2.45, 2.75) is 46.3 Å². The van der Waals surface area contributed by atoms with Gasteiger partial charge in [0, 0.05) is 0 Å². The number of esters is 1. The van der Waals surface area contributed by atoms with E-state index in [-0.39, 0.29) is 6.61 Å². The Morgan fingerprint density at radius 1 is 1.03 bits per heavy atom. The summed E-state index contributed by atoms with van der Waals surface area (Å²) < 4.78 is 41.8. The van der Waals surface area contributed by atoms with Gasteiger partial charge in [-0.2, -0.15) is 5.10 Å². The molecule has 0 aromatic heterocycles. The maximum atomic E-state index is 12.6. The molecule has 0 saturated heterocycles. The van der Waals surface area contributed by atoms with E-state index in [1.165, 1.54) is 13.1 Å². The number of hydrazone groups is 1. The van der Waals surface area contributed by atoms with Crippen LogP contribution in [0.1, 0.15) is 40.2 Å². The summed E-state index contributed by atoms with van der Waals surface area (Å²) in [7, 11) is -3.76. The third-order valence-corrected chi connectivity index (χ3v) is 5.78. The Labute approximate surface area is 212 Å². The molecule has 1 atom stereocenters. The molecule has 0 aliphatic rings. The van der Waals surface area contributed by atoms with Gasteiger partial charge in [-0.15, -0.1) is 0 Å². The van der Waals surface area contributed by atoms with Gasteiger partial charge in [-0.05, 0) is 88.7 Å². The lowest BCUT2D eigenvalue weighted by Gasteiger charge is -2.27. The average Bonchev–Trinajstić information content (AvgIpc) is 2.78. The van der Waals surface area contributed by atoms with Crippen molar-refractivity contribution in [2.24, 2.45) is 5.10 Å². The number of carbonyl (C=O) groups is 2. The predicted molar refractivity (Wildman–Crippen MR) is 138 cm³/mol. The Hall–Kier alpha value is -3.60. The van der Waals surface area contributed by atoms with Crippen LogP contribution in [0, 0.1) is 0 Å². The van der Waals surface area contributed by atoms with Crippen molar-refractivity contribution in [1.29, 1.82) is 0 Å². The van der Waals surface area contributed by atoms with E-state index in [4.69, 9.17) is 14.2 Å². The molecule has 0 radical (unpaired) electrons. The summed E-state index contributed by atoms with van der Waals surface area (Å²) in [6.07, 6.45) is 2.44. The number of nitrogens with one attached hydrogen (secondary N) is 1. The summed E-state index contributed by atoms with van der Waals surface area (Å²) >= 11 is 0. The lowest BCUT2D eigenvalue weighted by molar-refractivity contribution is -0.157. The zero-order chi connectivity index (χ0) is 26.9. The number of benzene rings is 2.